The predicted molar refractivity (Wildman–Crippen MR) is 197 cm³/mol. The molecule has 1 fully saturated rings. The number of nitrogens with zero attached hydrogens (tertiary/aromatic N) is 4. The third-order valence-electron chi connectivity index (χ3n) is 9.22. The molecule has 4 rings (SSSR count). The smallest absolute Gasteiger partial charge is 0.408 e. The van der Waals surface area contributed by atoms with Crippen LogP contribution in [-0.4, -0.2) is 101 Å². The Morgan fingerprint density at radius 1 is 1.15 bits per heavy atom. The van der Waals surface area contributed by atoms with Crippen molar-refractivity contribution in [2.75, 3.05) is 20.6 Å². The van der Waals surface area contributed by atoms with Gasteiger partial charge in [0.05, 0.1) is 17.6 Å². The van der Waals surface area contributed by atoms with Crippen LogP contribution in [0.2, 0.25) is 0 Å². The maximum atomic E-state index is 14.4. The van der Waals surface area contributed by atoms with Gasteiger partial charge in [-0.25, -0.2) is 9.52 Å². The molecule has 1 aromatic carbocycles. The van der Waals surface area contributed by atoms with Crippen LogP contribution in [0.4, 0.5) is 4.79 Å². The molecule has 4 amide bonds. The number of hydrogen-bond donors (Lipinski definition) is 3. The van der Waals surface area contributed by atoms with Gasteiger partial charge in [0.2, 0.25) is 11.8 Å². The number of aryl methyl sites for hydroxylation is 1. The van der Waals surface area contributed by atoms with Gasteiger partial charge in [0.15, 0.2) is 0 Å². The van der Waals surface area contributed by atoms with Crippen LogP contribution in [0.25, 0.3) is 11.0 Å². The standard InChI is InChI=1S/C36H55N7O8S/c1-10-36(32(46)40-52(48,49)41(8)9)19-15-13-11-12-14-16-27(38-34(47)51-35(5,6)7)31(45)42-22-25(21-29(42)30(44)39-36)50-33-37-26-18-17-24(4)20-28(26)43(33)23(2)3/h15,17-20,23,25,27,29H,10-14,16,21-22H2,1-9H3,(H,38,47)(H,39,44)(H,40,46)/b19-15-/t25-,27+,29+,36-/m1/s1. The van der Waals surface area contributed by atoms with Gasteiger partial charge in [0, 0.05) is 26.6 Å². The highest BCUT2D eigenvalue weighted by molar-refractivity contribution is 7.87. The fourth-order valence-corrected chi connectivity index (χ4v) is 7.01. The first-order chi connectivity index (χ1) is 24.3. The normalized spacial score (nSPS) is 24.3. The molecule has 16 heteroatoms. The summed E-state index contributed by atoms with van der Waals surface area (Å²) in [6, 6.07) is 4.07. The van der Waals surface area contributed by atoms with Crippen molar-refractivity contribution in [2.45, 2.75) is 129 Å². The Morgan fingerprint density at radius 3 is 2.50 bits per heavy atom. The zero-order valence-electron chi connectivity index (χ0n) is 31.8. The Morgan fingerprint density at radius 2 is 1.87 bits per heavy atom. The van der Waals surface area contributed by atoms with Gasteiger partial charge in [0.25, 0.3) is 11.9 Å². The highest BCUT2D eigenvalue weighted by Gasteiger charge is 2.47. The number of carbonyl (C=O) groups is 4. The largest absolute Gasteiger partial charge is 0.459 e. The van der Waals surface area contributed by atoms with Crippen LogP contribution in [0.3, 0.4) is 0 Å². The quantitative estimate of drug-likeness (QED) is 0.338. The van der Waals surface area contributed by atoms with Gasteiger partial charge in [-0.3, -0.25) is 19.0 Å². The molecule has 288 valence electrons. The number of allylic oxidation sites excluding steroid dienone is 1. The summed E-state index contributed by atoms with van der Waals surface area (Å²) in [4.78, 5) is 61.7. The van der Waals surface area contributed by atoms with E-state index in [0.29, 0.717) is 38.1 Å². The van der Waals surface area contributed by atoms with Crippen LogP contribution in [0.1, 0.15) is 98.1 Å². The van der Waals surface area contributed by atoms with E-state index in [0.717, 1.165) is 20.9 Å². The Bertz CT molecular complexity index is 1780. The molecule has 4 atom stereocenters. The zero-order valence-corrected chi connectivity index (χ0v) is 32.6. The fraction of sp³-hybridized carbons (Fsp3) is 0.639. The minimum Gasteiger partial charge on any atom is -0.459 e. The van der Waals surface area contributed by atoms with Gasteiger partial charge >= 0.3 is 16.3 Å². The summed E-state index contributed by atoms with van der Waals surface area (Å²) >= 11 is 0. The van der Waals surface area contributed by atoms with Crippen molar-refractivity contribution in [3.63, 3.8) is 0 Å². The van der Waals surface area contributed by atoms with Crippen molar-refractivity contribution in [1.82, 2.24) is 34.1 Å². The van der Waals surface area contributed by atoms with Crippen molar-refractivity contribution in [1.29, 1.82) is 0 Å². The highest BCUT2D eigenvalue weighted by atomic mass is 32.2. The van der Waals surface area contributed by atoms with Crippen molar-refractivity contribution in [3.05, 3.63) is 35.9 Å². The van der Waals surface area contributed by atoms with Gasteiger partial charge in [-0.1, -0.05) is 38.0 Å². The van der Waals surface area contributed by atoms with Gasteiger partial charge in [-0.05, 0) is 84.9 Å². The predicted octanol–water partition coefficient (Wildman–Crippen LogP) is 3.88. The van der Waals surface area contributed by atoms with E-state index >= 15 is 0 Å². The van der Waals surface area contributed by atoms with Crippen LogP contribution in [0.5, 0.6) is 6.01 Å². The molecule has 3 heterocycles. The lowest BCUT2D eigenvalue weighted by Gasteiger charge is -2.34. The zero-order chi connectivity index (χ0) is 38.6. The molecule has 2 aliphatic rings. The average molecular weight is 746 g/mol. The average Bonchev–Trinajstić information content (AvgIpc) is 3.62. The second-order valence-electron chi connectivity index (χ2n) is 15.1. The number of carbonyl (C=O) groups excluding carboxylic acids is 4. The van der Waals surface area contributed by atoms with E-state index < -0.39 is 63.4 Å². The first-order valence-electron chi connectivity index (χ1n) is 18.0. The lowest BCUT2D eigenvalue weighted by atomic mass is 9.92. The minimum atomic E-state index is -4.20. The maximum absolute atomic E-state index is 14.4. The number of hydrogen-bond acceptors (Lipinski definition) is 9. The van der Waals surface area contributed by atoms with E-state index in [-0.39, 0.29) is 25.4 Å². The maximum Gasteiger partial charge on any atom is 0.408 e. The van der Waals surface area contributed by atoms with Crippen molar-refractivity contribution >= 4 is 45.1 Å². The van der Waals surface area contributed by atoms with Crippen LogP contribution in [0, 0.1) is 6.92 Å². The molecule has 52 heavy (non-hydrogen) atoms. The van der Waals surface area contributed by atoms with E-state index in [2.05, 4.69) is 15.4 Å². The van der Waals surface area contributed by atoms with Crippen molar-refractivity contribution in [2.24, 2.45) is 0 Å². The molecule has 2 aliphatic heterocycles. The molecule has 2 aromatic rings. The third-order valence-corrected chi connectivity index (χ3v) is 10.6. The molecule has 0 unspecified atom stereocenters. The van der Waals surface area contributed by atoms with Gasteiger partial charge in [0.1, 0.15) is 29.3 Å². The Labute approximate surface area is 307 Å². The van der Waals surface area contributed by atoms with Crippen molar-refractivity contribution < 1.29 is 37.1 Å². The van der Waals surface area contributed by atoms with Crippen molar-refractivity contribution in [3.8, 4) is 6.01 Å². The number of benzene rings is 1. The molecule has 1 saturated heterocycles. The molecule has 3 N–H and O–H groups in total. The van der Waals surface area contributed by atoms with Crippen LogP contribution in [0.15, 0.2) is 30.4 Å². The number of rotatable bonds is 8. The molecular weight excluding hydrogens is 691 g/mol. The number of fused-ring (bicyclic) bond motifs is 2. The summed E-state index contributed by atoms with van der Waals surface area (Å²) in [5.41, 5.74) is 0.116. The number of nitrogens with one attached hydrogen (secondary N) is 3. The summed E-state index contributed by atoms with van der Waals surface area (Å²) in [5.74, 6) is -2.11. The Balaban J connectivity index is 1.75. The number of imidazole rings is 1. The summed E-state index contributed by atoms with van der Waals surface area (Å²) in [5, 5.41) is 5.55. The molecule has 1 aromatic heterocycles. The SMILES string of the molecule is CC[C@]1(C(=O)NS(=O)(=O)N(C)C)/C=C\CCCCC[C@H](NC(=O)OC(C)(C)C)C(=O)N2C[C@H](Oc3nc4ccc(C)cc4n3C(C)C)C[C@H]2C(=O)N1. The monoisotopic (exact) mass is 745 g/mol. The Kier molecular flexibility index (Phi) is 12.7. The molecule has 0 spiro atoms. The Hall–Kier alpha value is -4.18. The lowest BCUT2D eigenvalue weighted by molar-refractivity contribution is -0.141. The van der Waals surface area contributed by atoms with E-state index in [1.807, 2.05) is 43.5 Å². The molecule has 15 nitrogen and oxygen atoms in total. The van der Waals surface area contributed by atoms with E-state index in [4.69, 9.17) is 14.5 Å². The fourth-order valence-electron chi connectivity index (χ4n) is 6.41. The topological polar surface area (TPSA) is 181 Å². The molecule has 0 saturated carbocycles. The van der Waals surface area contributed by atoms with Gasteiger partial charge in [-0.15, -0.1) is 0 Å². The van der Waals surface area contributed by atoms with E-state index in [9.17, 15) is 27.6 Å². The van der Waals surface area contributed by atoms with Gasteiger partial charge in [-0.2, -0.15) is 17.7 Å². The number of aromatic nitrogens is 2. The van der Waals surface area contributed by atoms with E-state index in [1.54, 1.807) is 33.8 Å². The summed E-state index contributed by atoms with van der Waals surface area (Å²) in [6.45, 7) is 12.8. The second-order valence-corrected chi connectivity index (χ2v) is 17.0. The van der Waals surface area contributed by atoms with E-state index in [1.165, 1.54) is 25.1 Å². The molecule has 0 radical (unpaired) electrons. The second kappa shape index (κ2) is 16.2. The van der Waals surface area contributed by atoms with Crippen LogP contribution < -0.4 is 20.1 Å². The lowest BCUT2D eigenvalue weighted by Crippen LogP contribution is -2.62. The third kappa shape index (κ3) is 9.62. The first kappa shape index (κ1) is 40.6. The number of alkyl carbamates (subject to hydrolysis) is 1. The summed E-state index contributed by atoms with van der Waals surface area (Å²) in [7, 11) is -1.62. The molecule has 0 aliphatic carbocycles. The first-order valence-corrected chi connectivity index (χ1v) is 19.4. The molecular formula is C36H55N7O8S. The van der Waals surface area contributed by atoms with Crippen LogP contribution in [-0.2, 0) is 29.3 Å². The summed E-state index contributed by atoms with van der Waals surface area (Å²) in [6.07, 6.45) is 4.73. The number of amides is 4. The highest BCUT2D eigenvalue weighted by Crippen LogP contribution is 2.31. The van der Waals surface area contributed by atoms with Gasteiger partial charge < -0.3 is 25.0 Å². The number of ether oxygens (including phenoxy) is 2. The van der Waals surface area contributed by atoms with Crippen LogP contribution >= 0.6 is 0 Å². The minimum absolute atomic E-state index is 0.0140. The molecule has 0 bridgehead atoms. The summed E-state index contributed by atoms with van der Waals surface area (Å²) < 4.78 is 42.4.